The second-order valence-electron chi connectivity index (χ2n) is 2.79. The lowest BCUT2D eigenvalue weighted by atomic mass is 10.3. The molecule has 0 saturated carbocycles. The van der Waals surface area contributed by atoms with E-state index in [0.29, 0.717) is 6.04 Å². The van der Waals surface area contributed by atoms with Crippen LogP contribution in [0, 0.1) is 0 Å². The van der Waals surface area contributed by atoms with Crippen LogP contribution in [0.4, 0.5) is 0 Å². The summed E-state index contributed by atoms with van der Waals surface area (Å²) in [6, 6.07) is 0.398. The zero-order valence-corrected chi connectivity index (χ0v) is 8.67. The Labute approximate surface area is 75.6 Å². The molecular formula is C9H21NO2. The molecule has 12 heavy (non-hydrogen) atoms. The lowest BCUT2D eigenvalue weighted by Crippen LogP contribution is -2.41. The fourth-order valence-electron chi connectivity index (χ4n) is 1.38. The van der Waals surface area contributed by atoms with Crippen LogP contribution in [0.25, 0.3) is 0 Å². The van der Waals surface area contributed by atoms with Gasteiger partial charge in [-0.25, -0.2) is 0 Å². The molecule has 74 valence electrons. The predicted octanol–water partition coefficient (Wildman–Crippen LogP) is 0.990. The van der Waals surface area contributed by atoms with E-state index in [9.17, 15) is 0 Å². The van der Waals surface area contributed by atoms with Gasteiger partial charge in [0.2, 0.25) is 0 Å². The molecule has 0 unspecified atom stereocenters. The molecule has 0 atom stereocenters. The van der Waals surface area contributed by atoms with Crippen molar-refractivity contribution in [2.45, 2.75) is 19.9 Å². The van der Waals surface area contributed by atoms with Gasteiger partial charge in [-0.05, 0) is 13.1 Å². The number of ether oxygens (including phenoxy) is 2. The summed E-state index contributed by atoms with van der Waals surface area (Å²) in [5, 5.41) is 0. The number of rotatable bonds is 7. The van der Waals surface area contributed by atoms with E-state index < -0.39 is 0 Å². The molecule has 3 heteroatoms. The molecule has 0 bridgehead atoms. The normalized spacial score (nSPS) is 11.5. The number of nitrogens with zero attached hydrogens (tertiary/aromatic N) is 1. The van der Waals surface area contributed by atoms with Crippen LogP contribution in [-0.4, -0.2) is 51.5 Å². The molecule has 0 heterocycles. The van der Waals surface area contributed by atoms with Crippen LogP contribution in [0.15, 0.2) is 0 Å². The average molecular weight is 175 g/mol. The van der Waals surface area contributed by atoms with Crippen molar-refractivity contribution in [1.29, 1.82) is 0 Å². The molecule has 0 radical (unpaired) electrons. The highest BCUT2D eigenvalue weighted by atomic mass is 16.5. The molecular weight excluding hydrogens is 154 g/mol. The number of hydrogen-bond donors (Lipinski definition) is 0. The topological polar surface area (TPSA) is 21.7 Å². The van der Waals surface area contributed by atoms with Gasteiger partial charge in [0.25, 0.3) is 0 Å². The highest BCUT2D eigenvalue weighted by Crippen LogP contribution is 1.99. The van der Waals surface area contributed by atoms with Crippen molar-refractivity contribution < 1.29 is 9.47 Å². The van der Waals surface area contributed by atoms with Crippen molar-refractivity contribution in [2.24, 2.45) is 0 Å². The van der Waals surface area contributed by atoms with Crippen LogP contribution in [-0.2, 0) is 9.47 Å². The lowest BCUT2D eigenvalue weighted by molar-refractivity contribution is 0.0407. The summed E-state index contributed by atoms with van der Waals surface area (Å²) < 4.78 is 10.2. The highest BCUT2D eigenvalue weighted by molar-refractivity contribution is 4.68. The van der Waals surface area contributed by atoms with Crippen molar-refractivity contribution in [3.05, 3.63) is 0 Å². The monoisotopic (exact) mass is 175 g/mol. The van der Waals surface area contributed by atoms with Gasteiger partial charge in [-0.2, -0.15) is 0 Å². The van der Waals surface area contributed by atoms with Crippen molar-refractivity contribution >= 4 is 0 Å². The standard InChI is InChI=1S/C9H21NO2/c1-5-10(6-2)9(7-11-3)8-12-4/h9H,5-8H2,1-4H3. The summed E-state index contributed by atoms with van der Waals surface area (Å²) in [4.78, 5) is 2.34. The molecule has 0 N–H and O–H groups in total. The Kier molecular flexibility index (Phi) is 7.45. The van der Waals surface area contributed by atoms with Crippen LogP contribution in [0.3, 0.4) is 0 Å². The Morgan fingerprint density at radius 2 is 1.42 bits per heavy atom. The van der Waals surface area contributed by atoms with E-state index in [1.165, 1.54) is 0 Å². The molecule has 0 aliphatic rings. The molecule has 0 fully saturated rings. The number of hydrogen-bond acceptors (Lipinski definition) is 3. The van der Waals surface area contributed by atoms with Crippen LogP contribution >= 0.6 is 0 Å². The fraction of sp³-hybridized carbons (Fsp3) is 1.00. The Bertz CT molecular complexity index is 88.5. The van der Waals surface area contributed by atoms with Crippen molar-refractivity contribution in [3.63, 3.8) is 0 Å². The van der Waals surface area contributed by atoms with E-state index in [4.69, 9.17) is 9.47 Å². The highest BCUT2D eigenvalue weighted by Gasteiger charge is 2.14. The third kappa shape index (κ3) is 4.04. The minimum Gasteiger partial charge on any atom is -0.383 e. The van der Waals surface area contributed by atoms with Crippen LogP contribution in [0.5, 0.6) is 0 Å². The van der Waals surface area contributed by atoms with Crippen molar-refractivity contribution in [2.75, 3.05) is 40.5 Å². The summed E-state index contributed by atoms with van der Waals surface area (Å²) in [6.07, 6.45) is 0. The molecule has 0 aromatic heterocycles. The van der Waals surface area contributed by atoms with Gasteiger partial charge in [0, 0.05) is 14.2 Å². The molecule has 0 spiro atoms. The van der Waals surface area contributed by atoms with E-state index >= 15 is 0 Å². The summed E-state index contributed by atoms with van der Waals surface area (Å²) in [5.74, 6) is 0. The molecule has 0 aliphatic carbocycles. The maximum atomic E-state index is 5.12. The van der Waals surface area contributed by atoms with Crippen molar-refractivity contribution in [1.82, 2.24) is 4.90 Å². The minimum atomic E-state index is 0.398. The molecule has 0 amide bonds. The quantitative estimate of drug-likeness (QED) is 0.576. The summed E-state index contributed by atoms with van der Waals surface area (Å²) in [7, 11) is 3.46. The van der Waals surface area contributed by atoms with E-state index in [2.05, 4.69) is 18.7 Å². The van der Waals surface area contributed by atoms with Crippen LogP contribution in [0.2, 0.25) is 0 Å². The largest absolute Gasteiger partial charge is 0.383 e. The Morgan fingerprint density at radius 1 is 1.00 bits per heavy atom. The smallest absolute Gasteiger partial charge is 0.0640 e. The average Bonchev–Trinajstić information content (AvgIpc) is 2.07. The summed E-state index contributed by atoms with van der Waals surface area (Å²) in [6.45, 7) is 7.90. The first kappa shape index (κ1) is 11.9. The molecule has 0 aromatic rings. The maximum Gasteiger partial charge on any atom is 0.0640 e. The Morgan fingerprint density at radius 3 is 1.67 bits per heavy atom. The first-order valence-corrected chi connectivity index (χ1v) is 4.52. The number of methoxy groups -OCH3 is 2. The van der Waals surface area contributed by atoms with Crippen molar-refractivity contribution in [3.8, 4) is 0 Å². The SMILES string of the molecule is CCN(CC)C(COC)COC. The van der Waals surface area contributed by atoms with Gasteiger partial charge in [-0.15, -0.1) is 0 Å². The third-order valence-electron chi connectivity index (χ3n) is 2.05. The van der Waals surface area contributed by atoms with Gasteiger partial charge in [-0.1, -0.05) is 13.8 Å². The molecule has 3 nitrogen and oxygen atoms in total. The van der Waals surface area contributed by atoms with Gasteiger partial charge in [0.05, 0.1) is 19.3 Å². The second kappa shape index (κ2) is 7.53. The Hall–Kier alpha value is -0.120. The molecule has 0 rings (SSSR count). The van der Waals surface area contributed by atoms with Gasteiger partial charge < -0.3 is 9.47 Å². The zero-order chi connectivity index (χ0) is 9.40. The number of likely N-dealkylation sites (N-methyl/N-ethyl adjacent to an activating group) is 1. The van der Waals surface area contributed by atoms with E-state index in [1.54, 1.807) is 14.2 Å². The van der Waals surface area contributed by atoms with Crippen LogP contribution in [0.1, 0.15) is 13.8 Å². The lowest BCUT2D eigenvalue weighted by Gasteiger charge is -2.28. The van der Waals surface area contributed by atoms with E-state index in [0.717, 1.165) is 26.3 Å². The summed E-state index contributed by atoms with van der Waals surface area (Å²) in [5.41, 5.74) is 0. The van der Waals surface area contributed by atoms with Gasteiger partial charge in [0.15, 0.2) is 0 Å². The minimum absolute atomic E-state index is 0.398. The van der Waals surface area contributed by atoms with E-state index in [1.807, 2.05) is 0 Å². The second-order valence-corrected chi connectivity index (χ2v) is 2.79. The molecule has 0 saturated heterocycles. The zero-order valence-electron chi connectivity index (χ0n) is 8.67. The van der Waals surface area contributed by atoms with Gasteiger partial charge in [0.1, 0.15) is 0 Å². The molecule has 0 aromatic carbocycles. The Balaban J connectivity index is 3.86. The van der Waals surface area contributed by atoms with E-state index in [-0.39, 0.29) is 0 Å². The van der Waals surface area contributed by atoms with Gasteiger partial charge >= 0.3 is 0 Å². The fourth-order valence-corrected chi connectivity index (χ4v) is 1.38. The maximum absolute atomic E-state index is 5.12. The third-order valence-corrected chi connectivity index (χ3v) is 2.05. The van der Waals surface area contributed by atoms with Gasteiger partial charge in [-0.3, -0.25) is 4.90 Å². The van der Waals surface area contributed by atoms with Crippen LogP contribution < -0.4 is 0 Å². The molecule has 0 aliphatic heterocycles. The predicted molar refractivity (Wildman–Crippen MR) is 50.5 cm³/mol. The summed E-state index contributed by atoms with van der Waals surface area (Å²) >= 11 is 0. The first-order valence-electron chi connectivity index (χ1n) is 4.52. The first-order chi connectivity index (χ1) is 5.79.